The van der Waals surface area contributed by atoms with Crippen LogP contribution in [0.2, 0.25) is 0 Å². The number of anilines is 1. The lowest BCUT2D eigenvalue weighted by molar-refractivity contribution is 0.141. The van der Waals surface area contributed by atoms with Crippen molar-refractivity contribution in [2.75, 3.05) is 5.32 Å². The molecule has 0 radical (unpaired) electrons. The molecular weight excluding hydrogens is 360 g/mol. The van der Waals surface area contributed by atoms with E-state index in [0.29, 0.717) is 23.3 Å². The van der Waals surface area contributed by atoms with Crippen LogP contribution >= 0.6 is 0 Å². The maximum atomic E-state index is 13.2. The summed E-state index contributed by atoms with van der Waals surface area (Å²) in [6, 6.07) is 17.0. The number of para-hydroxylation sites is 2. The van der Waals surface area contributed by atoms with Crippen molar-refractivity contribution in [2.24, 2.45) is 0 Å². The zero-order valence-electron chi connectivity index (χ0n) is 15.5. The molecule has 28 heavy (non-hydrogen) atoms. The number of aryl methyl sites for hydroxylation is 1. The molecule has 2 heterocycles. The number of aromatic nitrogens is 4. The number of hydrogen-bond acceptors (Lipinski definition) is 4. The number of nitrogens with zero attached hydrogens (tertiary/aromatic N) is 4. The Morgan fingerprint density at radius 3 is 2.43 bits per heavy atom. The Morgan fingerprint density at radius 2 is 1.68 bits per heavy atom. The summed E-state index contributed by atoms with van der Waals surface area (Å²) in [6.45, 7) is 4.35. The summed E-state index contributed by atoms with van der Waals surface area (Å²) in [5.74, 6) is -0.0817. The Bertz CT molecular complexity index is 1120. The second-order valence-electron chi connectivity index (χ2n) is 6.50. The van der Waals surface area contributed by atoms with E-state index in [1.54, 1.807) is 12.1 Å². The van der Waals surface area contributed by atoms with E-state index in [0.717, 1.165) is 22.6 Å². The van der Waals surface area contributed by atoms with Crippen LogP contribution in [-0.4, -0.2) is 19.7 Å². The van der Waals surface area contributed by atoms with Crippen LogP contribution in [-0.2, 0) is 6.54 Å². The monoisotopic (exact) mass is 379 g/mol. The number of rotatable bonds is 5. The predicted octanol–water partition coefficient (Wildman–Crippen LogP) is 4.98. The van der Waals surface area contributed by atoms with Gasteiger partial charge in [0.25, 0.3) is 6.43 Å². The third-order valence-corrected chi connectivity index (χ3v) is 4.69. The van der Waals surface area contributed by atoms with Crippen molar-refractivity contribution in [1.29, 1.82) is 0 Å². The summed E-state index contributed by atoms with van der Waals surface area (Å²) in [4.78, 5) is 7.99. The molecule has 4 rings (SSSR count). The zero-order valence-corrected chi connectivity index (χ0v) is 15.5. The van der Waals surface area contributed by atoms with Gasteiger partial charge < -0.3 is 5.32 Å². The maximum absolute atomic E-state index is 13.2. The minimum absolute atomic E-state index is 0.396. The van der Waals surface area contributed by atoms with Crippen molar-refractivity contribution in [1.82, 2.24) is 19.7 Å². The van der Waals surface area contributed by atoms with Crippen molar-refractivity contribution < 1.29 is 8.78 Å². The number of fused-ring (bicyclic) bond motifs is 1. The highest BCUT2D eigenvalue weighted by atomic mass is 19.3. The lowest BCUT2D eigenvalue weighted by Crippen LogP contribution is -2.07. The van der Waals surface area contributed by atoms with Crippen LogP contribution in [0, 0.1) is 13.8 Å². The molecule has 0 unspecified atom stereocenters. The first kappa shape index (κ1) is 18.0. The molecule has 7 heteroatoms. The van der Waals surface area contributed by atoms with Crippen molar-refractivity contribution in [2.45, 2.75) is 26.8 Å². The molecule has 2 aromatic carbocycles. The molecule has 0 aliphatic heterocycles. The Kier molecular flexibility index (Phi) is 4.73. The average molecular weight is 379 g/mol. The minimum Gasteiger partial charge on any atom is -0.365 e. The number of hydrogen-bond donors (Lipinski definition) is 1. The Hall–Kier alpha value is -3.35. The summed E-state index contributed by atoms with van der Waals surface area (Å²) in [5, 5.41) is 8.54. The van der Waals surface area contributed by atoms with Gasteiger partial charge in [-0.05, 0) is 38.1 Å². The van der Waals surface area contributed by atoms with Gasteiger partial charge in [0.1, 0.15) is 5.82 Å². The molecule has 0 fully saturated rings. The van der Waals surface area contributed by atoms with Crippen LogP contribution in [0.15, 0.2) is 54.6 Å². The molecule has 0 aliphatic carbocycles. The molecule has 2 aromatic heterocycles. The average Bonchev–Trinajstić information content (AvgIpc) is 3.00. The molecule has 0 bridgehead atoms. The summed E-state index contributed by atoms with van der Waals surface area (Å²) in [6.07, 6.45) is -2.73. The fraction of sp³-hybridized carbons (Fsp3) is 0.190. The fourth-order valence-corrected chi connectivity index (χ4v) is 3.25. The molecule has 0 aliphatic rings. The van der Waals surface area contributed by atoms with E-state index >= 15 is 0 Å². The molecule has 0 spiro atoms. The summed E-state index contributed by atoms with van der Waals surface area (Å²) in [5.41, 5.74) is 4.33. The number of nitrogens with one attached hydrogen (secondary N) is 1. The third-order valence-electron chi connectivity index (χ3n) is 4.69. The van der Waals surface area contributed by atoms with Gasteiger partial charge in [-0.25, -0.2) is 23.4 Å². The maximum Gasteiger partial charge on any atom is 0.297 e. The van der Waals surface area contributed by atoms with Gasteiger partial charge >= 0.3 is 0 Å². The van der Waals surface area contributed by atoms with E-state index in [4.69, 9.17) is 0 Å². The Balaban J connectivity index is 1.68. The second kappa shape index (κ2) is 7.34. The molecule has 142 valence electrons. The first-order valence-corrected chi connectivity index (χ1v) is 8.94. The van der Waals surface area contributed by atoms with Gasteiger partial charge in [0.2, 0.25) is 0 Å². The minimum atomic E-state index is -2.73. The molecule has 4 aromatic rings. The van der Waals surface area contributed by atoms with Gasteiger partial charge in [0, 0.05) is 23.2 Å². The molecule has 1 N–H and O–H groups in total. The molecule has 5 nitrogen and oxygen atoms in total. The summed E-state index contributed by atoms with van der Waals surface area (Å²) < 4.78 is 28.3. The van der Waals surface area contributed by atoms with Crippen LogP contribution in [0.5, 0.6) is 0 Å². The van der Waals surface area contributed by atoms with Crippen molar-refractivity contribution in [3.63, 3.8) is 0 Å². The number of halogens is 2. The quantitative estimate of drug-likeness (QED) is 0.531. The van der Waals surface area contributed by atoms with Gasteiger partial charge in [-0.1, -0.05) is 30.3 Å². The van der Waals surface area contributed by atoms with Gasteiger partial charge in [-0.15, -0.1) is 0 Å². The highest BCUT2D eigenvalue weighted by Gasteiger charge is 2.17. The first-order valence-electron chi connectivity index (χ1n) is 8.94. The van der Waals surface area contributed by atoms with Crippen LogP contribution in [0.25, 0.3) is 16.6 Å². The SMILES string of the molecule is Cc1nn(-c2ccccc2)c(C)c1CNc1nc(C(F)F)nc2ccccc12. The lowest BCUT2D eigenvalue weighted by Gasteiger charge is -2.11. The highest BCUT2D eigenvalue weighted by molar-refractivity contribution is 5.89. The number of alkyl halides is 2. The molecule has 0 atom stereocenters. The molecule has 0 amide bonds. The van der Waals surface area contributed by atoms with Gasteiger partial charge in [-0.2, -0.15) is 5.10 Å². The van der Waals surface area contributed by atoms with E-state index in [-0.39, 0.29) is 0 Å². The fourth-order valence-electron chi connectivity index (χ4n) is 3.25. The summed E-state index contributed by atoms with van der Waals surface area (Å²) in [7, 11) is 0. The van der Waals surface area contributed by atoms with E-state index < -0.39 is 12.2 Å². The van der Waals surface area contributed by atoms with E-state index in [2.05, 4.69) is 20.4 Å². The van der Waals surface area contributed by atoms with E-state index in [1.807, 2.05) is 61.0 Å². The first-order chi connectivity index (χ1) is 13.5. The standard InChI is InChI=1S/C21H19F2N5/c1-13-17(14(2)28(27-13)15-8-4-3-5-9-15)12-24-20-16-10-6-7-11-18(16)25-21(26-20)19(22)23/h3-11,19H,12H2,1-2H3,(H,24,25,26). The van der Waals surface area contributed by atoms with Crippen LogP contribution in [0.4, 0.5) is 14.6 Å². The van der Waals surface area contributed by atoms with Crippen molar-refractivity contribution in [3.05, 3.63) is 77.4 Å². The van der Waals surface area contributed by atoms with E-state index in [9.17, 15) is 8.78 Å². The smallest absolute Gasteiger partial charge is 0.297 e. The molecule has 0 saturated heterocycles. The van der Waals surface area contributed by atoms with Crippen LogP contribution in [0.1, 0.15) is 29.2 Å². The summed E-state index contributed by atoms with van der Waals surface area (Å²) >= 11 is 0. The van der Waals surface area contributed by atoms with Crippen LogP contribution in [0.3, 0.4) is 0 Å². The number of benzene rings is 2. The predicted molar refractivity (Wildman–Crippen MR) is 105 cm³/mol. The Morgan fingerprint density at radius 1 is 0.964 bits per heavy atom. The third kappa shape index (κ3) is 3.31. The topological polar surface area (TPSA) is 55.6 Å². The lowest BCUT2D eigenvalue weighted by atomic mass is 10.2. The molecular formula is C21H19F2N5. The van der Waals surface area contributed by atoms with E-state index in [1.165, 1.54) is 0 Å². The van der Waals surface area contributed by atoms with Crippen LogP contribution < -0.4 is 5.32 Å². The van der Waals surface area contributed by atoms with Gasteiger partial charge in [0.15, 0.2) is 5.82 Å². The zero-order chi connectivity index (χ0) is 19.7. The molecule has 0 saturated carbocycles. The highest BCUT2D eigenvalue weighted by Crippen LogP contribution is 2.26. The van der Waals surface area contributed by atoms with Gasteiger partial charge in [-0.3, -0.25) is 0 Å². The largest absolute Gasteiger partial charge is 0.365 e. The van der Waals surface area contributed by atoms with Crippen molar-refractivity contribution in [3.8, 4) is 5.69 Å². The van der Waals surface area contributed by atoms with Gasteiger partial charge in [0.05, 0.1) is 16.9 Å². The normalized spacial score (nSPS) is 11.3. The second-order valence-corrected chi connectivity index (χ2v) is 6.50. The van der Waals surface area contributed by atoms with Crippen molar-refractivity contribution >= 4 is 16.7 Å². The Labute approximate surface area is 161 Å².